The maximum Gasteiger partial charge on any atom is 0.307 e. The van der Waals surface area contributed by atoms with Crippen LogP contribution in [0, 0.1) is 0 Å². The first-order valence-electron chi connectivity index (χ1n) is 9.26. The molecule has 2 amide bonds. The molecule has 0 radical (unpaired) electrons. The second-order valence-electron chi connectivity index (χ2n) is 6.60. The predicted molar refractivity (Wildman–Crippen MR) is 113 cm³/mol. The van der Waals surface area contributed by atoms with Crippen molar-refractivity contribution in [3.05, 3.63) is 65.2 Å². The smallest absolute Gasteiger partial charge is 0.307 e. The van der Waals surface area contributed by atoms with Gasteiger partial charge in [-0.3, -0.25) is 19.8 Å². The molecular weight excluding hydrogens is 408 g/mol. The molecule has 0 aliphatic carbocycles. The van der Waals surface area contributed by atoms with Crippen molar-refractivity contribution in [1.29, 1.82) is 0 Å². The molecule has 0 aromatic heterocycles. The molecule has 0 spiro atoms. The van der Waals surface area contributed by atoms with E-state index in [9.17, 15) is 14.4 Å². The highest BCUT2D eigenvalue weighted by Gasteiger charge is 2.32. The molecule has 8 nitrogen and oxygen atoms in total. The van der Waals surface area contributed by atoms with Crippen molar-refractivity contribution in [2.24, 2.45) is 4.99 Å². The van der Waals surface area contributed by atoms with Crippen LogP contribution in [0.1, 0.15) is 24.9 Å². The minimum Gasteiger partial charge on any atom is -0.469 e. The van der Waals surface area contributed by atoms with Crippen LogP contribution in [0.25, 0.3) is 0 Å². The molecule has 1 aliphatic heterocycles. The number of amidine groups is 1. The van der Waals surface area contributed by atoms with Crippen LogP contribution in [-0.4, -0.2) is 36.8 Å². The van der Waals surface area contributed by atoms with E-state index in [1.807, 2.05) is 6.07 Å². The lowest BCUT2D eigenvalue weighted by Gasteiger charge is -2.31. The molecule has 2 aromatic carbocycles. The van der Waals surface area contributed by atoms with Gasteiger partial charge in [0, 0.05) is 5.02 Å². The van der Waals surface area contributed by atoms with Crippen LogP contribution in [0.4, 0.5) is 5.69 Å². The number of nitrogens with one attached hydrogen (secondary N) is 2. The van der Waals surface area contributed by atoms with Crippen LogP contribution in [0.5, 0.6) is 0 Å². The molecule has 1 aliphatic rings. The first-order chi connectivity index (χ1) is 14.4. The Kier molecular flexibility index (Phi) is 6.68. The molecule has 3 rings (SSSR count). The van der Waals surface area contributed by atoms with Crippen LogP contribution < -0.4 is 15.8 Å². The minimum atomic E-state index is -0.758. The normalized spacial score (nSPS) is 16.9. The molecule has 9 heteroatoms. The van der Waals surface area contributed by atoms with Crippen LogP contribution >= 0.6 is 11.6 Å². The van der Waals surface area contributed by atoms with Crippen molar-refractivity contribution in [3.8, 4) is 0 Å². The number of para-hydroxylation sites is 1. The number of aliphatic imine (C=N–C) groups is 1. The minimum absolute atomic E-state index is 0.0483. The molecule has 156 valence electrons. The number of benzene rings is 2. The van der Waals surface area contributed by atoms with E-state index < -0.39 is 24.0 Å². The van der Waals surface area contributed by atoms with E-state index in [2.05, 4.69) is 15.7 Å². The van der Waals surface area contributed by atoms with Gasteiger partial charge in [0.05, 0.1) is 25.3 Å². The third-order valence-electron chi connectivity index (χ3n) is 4.53. The lowest BCUT2D eigenvalue weighted by molar-refractivity contribution is -0.141. The Labute approximate surface area is 178 Å². The Balaban J connectivity index is 1.84. The number of carbonyl (C=O) groups is 3. The zero-order valence-electron chi connectivity index (χ0n) is 16.5. The second kappa shape index (κ2) is 9.41. The number of ether oxygens (including phenoxy) is 1. The fourth-order valence-corrected chi connectivity index (χ4v) is 3.24. The van der Waals surface area contributed by atoms with Gasteiger partial charge in [-0.05, 0) is 30.7 Å². The van der Waals surface area contributed by atoms with Crippen molar-refractivity contribution in [2.75, 3.05) is 12.1 Å². The molecule has 2 aromatic rings. The lowest BCUT2D eigenvalue weighted by atomic mass is 10.0. The van der Waals surface area contributed by atoms with Gasteiger partial charge >= 0.3 is 5.97 Å². The van der Waals surface area contributed by atoms with Crippen LogP contribution in [0.15, 0.2) is 59.6 Å². The standard InChI is InChI=1S/C21H21ClN4O4/c1-13-21(29)26(14-8-4-3-5-9-14)25-19(23-13)20(28)24-17(12-18(27)30-2)15-10-6-7-11-16(15)22/h3-11,13,17H,12H2,1-2H3,(H,23,25)(H,24,28). The van der Waals surface area contributed by atoms with Crippen molar-refractivity contribution in [2.45, 2.75) is 25.4 Å². The molecular formula is C21H21ClN4O4. The van der Waals surface area contributed by atoms with Crippen molar-refractivity contribution in [3.63, 3.8) is 0 Å². The van der Waals surface area contributed by atoms with E-state index in [1.165, 1.54) is 12.1 Å². The molecule has 2 N–H and O–H groups in total. The lowest BCUT2D eigenvalue weighted by Crippen LogP contribution is -2.58. The van der Waals surface area contributed by atoms with Gasteiger partial charge < -0.3 is 10.1 Å². The van der Waals surface area contributed by atoms with Crippen LogP contribution in [0.3, 0.4) is 0 Å². The SMILES string of the molecule is COC(=O)CC(NC(=O)C1=NC(C)C(=O)N(c2ccccc2)N1)c1ccccc1Cl. The molecule has 0 fully saturated rings. The number of rotatable bonds is 6. The zero-order chi connectivity index (χ0) is 21.7. The third kappa shape index (κ3) is 4.77. The first-order valence-corrected chi connectivity index (χ1v) is 9.64. The van der Waals surface area contributed by atoms with E-state index in [0.717, 1.165) is 0 Å². The molecule has 0 saturated heterocycles. The summed E-state index contributed by atoms with van der Waals surface area (Å²) in [5, 5.41) is 4.44. The number of hydrogen-bond donors (Lipinski definition) is 2. The summed E-state index contributed by atoms with van der Waals surface area (Å²) in [6.07, 6.45) is -0.115. The highest BCUT2D eigenvalue weighted by molar-refractivity contribution is 6.39. The molecule has 0 bridgehead atoms. The number of anilines is 1. The zero-order valence-corrected chi connectivity index (χ0v) is 17.2. The van der Waals surface area contributed by atoms with E-state index in [-0.39, 0.29) is 18.2 Å². The maximum absolute atomic E-state index is 13.0. The average molecular weight is 429 g/mol. The summed E-state index contributed by atoms with van der Waals surface area (Å²) < 4.78 is 4.74. The summed E-state index contributed by atoms with van der Waals surface area (Å²) in [5.74, 6) is -1.43. The molecule has 30 heavy (non-hydrogen) atoms. The van der Waals surface area contributed by atoms with Gasteiger partial charge in [0.1, 0.15) is 6.04 Å². The quantitative estimate of drug-likeness (QED) is 0.688. The van der Waals surface area contributed by atoms with Crippen molar-refractivity contribution in [1.82, 2.24) is 10.7 Å². The van der Waals surface area contributed by atoms with Gasteiger partial charge in [0.2, 0.25) is 5.84 Å². The molecule has 0 saturated carbocycles. The van der Waals surface area contributed by atoms with Gasteiger partial charge in [0.15, 0.2) is 0 Å². The van der Waals surface area contributed by atoms with Gasteiger partial charge in [-0.25, -0.2) is 10.0 Å². The Morgan fingerprint density at radius 1 is 1.20 bits per heavy atom. The van der Waals surface area contributed by atoms with Crippen molar-refractivity contribution < 1.29 is 19.1 Å². The predicted octanol–water partition coefficient (Wildman–Crippen LogP) is 2.40. The average Bonchev–Trinajstić information content (AvgIpc) is 2.75. The fraction of sp³-hybridized carbons (Fsp3) is 0.238. The summed E-state index contributed by atoms with van der Waals surface area (Å²) in [7, 11) is 1.27. The fourth-order valence-electron chi connectivity index (χ4n) is 2.98. The number of methoxy groups -OCH3 is 1. The molecule has 2 atom stereocenters. The van der Waals surface area contributed by atoms with Crippen LogP contribution in [-0.2, 0) is 19.1 Å². The van der Waals surface area contributed by atoms with E-state index in [4.69, 9.17) is 16.3 Å². The maximum atomic E-state index is 13.0. The Hall–Kier alpha value is -3.39. The first kappa shape index (κ1) is 21.3. The van der Waals surface area contributed by atoms with Crippen LogP contribution in [0.2, 0.25) is 5.02 Å². The summed E-state index contributed by atoms with van der Waals surface area (Å²) in [6.45, 7) is 1.60. The van der Waals surface area contributed by atoms with Gasteiger partial charge in [-0.1, -0.05) is 48.0 Å². The van der Waals surface area contributed by atoms with Crippen molar-refractivity contribution >= 4 is 40.9 Å². The molecule has 1 heterocycles. The van der Waals surface area contributed by atoms with Gasteiger partial charge in [-0.2, -0.15) is 0 Å². The number of amides is 2. The number of hydrazine groups is 1. The highest BCUT2D eigenvalue weighted by Crippen LogP contribution is 2.25. The van der Waals surface area contributed by atoms with Gasteiger partial charge in [-0.15, -0.1) is 0 Å². The Bertz CT molecular complexity index is 980. The Morgan fingerprint density at radius 3 is 2.53 bits per heavy atom. The molecule has 2 unspecified atom stereocenters. The van der Waals surface area contributed by atoms with E-state index in [0.29, 0.717) is 16.3 Å². The monoisotopic (exact) mass is 428 g/mol. The number of esters is 1. The number of nitrogens with zero attached hydrogens (tertiary/aromatic N) is 2. The summed E-state index contributed by atoms with van der Waals surface area (Å²) >= 11 is 6.26. The summed E-state index contributed by atoms with van der Waals surface area (Å²) in [4.78, 5) is 41.5. The number of hydrogen-bond acceptors (Lipinski definition) is 6. The van der Waals surface area contributed by atoms with E-state index in [1.54, 1.807) is 55.5 Å². The third-order valence-corrected chi connectivity index (χ3v) is 4.88. The topological polar surface area (TPSA) is 100 Å². The number of halogens is 1. The Morgan fingerprint density at radius 2 is 1.87 bits per heavy atom. The number of carbonyl (C=O) groups excluding carboxylic acids is 3. The highest BCUT2D eigenvalue weighted by atomic mass is 35.5. The van der Waals surface area contributed by atoms with Gasteiger partial charge in [0.25, 0.3) is 11.8 Å². The summed E-state index contributed by atoms with van der Waals surface area (Å²) in [5.41, 5.74) is 3.90. The van der Waals surface area contributed by atoms with E-state index >= 15 is 0 Å². The second-order valence-corrected chi connectivity index (χ2v) is 7.01. The largest absolute Gasteiger partial charge is 0.469 e. The summed E-state index contributed by atoms with van der Waals surface area (Å²) in [6, 6.07) is 14.3.